The Morgan fingerprint density at radius 3 is 2.43 bits per heavy atom. The summed E-state index contributed by atoms with van der Waals surface area (Å²) in [6.07, 6.45) is 1.64. The van der Waals surface area contributed by atoms with E-state index in [0.29, 0.717) is 43.0 Å². The second-order valence-corrected chi connectivity index (χ2v) is 8.11. The number of rotatable bonds is 8. The predicted octanol–water partition coefficient (Wildman–Crippen LogP) is 3.84. The molecule has 0 amide bonds. The van der Waals surface area contributed by atoms with Crippen molar-refractivity contribution >= 4 is 17.5 Å². The van der Waals surface area contributed by atoms with E-state index in [1.165, 1.54) is 7.11 Å². The molecule has 0 unspecified atom stereocenters. The number of aliphatic hydroxyl groups excluding tert-OH is 1. The van der Waals surface area contributed by atoms with E-state index in [9.17, 15) is 14.7 Å². The molecule has 7 heteroatoms. The van der Waals surface area contributed by atoms with E-state index in [2.05, 4.69) is 9.73 Å². The Kier molecular flexibility index (Phi) is 8.03. The Morgan fingerprint density at radius 2 is 1.80 bits per heavy atom. The molecule has 1 fully saturated rings. The van der Waals surface area contributed by atoms with Crippen LogP contribution < -0.4 is 9.47 Å². The predicted molar refractivity (Wildman–Crippen MR) is 114 cm³/mol. The number of carbonyl (C=O) groups is 2. The van der Waals surface area contributed by atoms with Crippen LogP contribution in [-0.2, 0) is 20.7 Å². The summed E-state index contributed by atoms with van der Waals surface area (Å²) >= 11 is 0. The van der Waals surface area contributed by atoms with Gasteiger partial charge in [0.05, 0.1) is 33.3 Å². The van der Waals surface area contributed by atoms with Gasteiger partial charge in [-0.1, -0.05) is 19.9 Å². The molecule has 0 aliphatic heterocycles. The summed E-state index contributed by atoms with van der Waals surface area (Å²) in [6, 6.07) is 5.69. The first-order valence-corrected chi connectivity index (χ1v) is 9.97. The number of hydrogen-bond donors (Lipinski definition) is 1. The molecule has 0 heterocycles. The van der Waals surface area contributed by atoms with Crippen molar-refractivity contribution in [2.75, 3.05) is 27.9 Å². The van der Waals surface area contributed by atoms with E-state index in [4.69, 9.17) is 9.47 Å². The Morgan fingerprint density at radius 1 is 1.10 bits per heavy atom. The van der Waals surface area contributed by atoms with Gasteiger partial charge in [-0.25, -0.2) is 0 Å². The van der Waals surface area contributed by atoms with Crippen LogP contribution in [-0.4, -0.2) is 50.4 Å². The lowest BCUT2D eigenvalue weighted by molar-refractivity contribution is -0.140. The van der Waals surface area contributed by atoms with Gasteiger partial charge < -0.3 is 19.3 Å². The highest BCUT2D eigenvalue weighted by Crippen LogP contribution is 2.36. The minimum atomic E-state index is -0.433. The van der Waals surface area contributed by atoms with Crippen molar-refractivity contribution in [1.29, 1.82) is 0 Å². The topological polar surface area (TPSA) is 94.4 Å². The van der Waals surface area contributed by atoms with Crippen LogP contribution in [0.5, 0.6) is 11.5 Å². The Labute approximate surface area is 177 Å². The highest BCUT2D eigenvalue weighted by atomic mass is 16.5. The molecule has 2 rings (SSSR count). The Hall–Kier alpha value is -2.83. The average molecular weight is 418 g/mol. The van der Waals surface area contributed by atoms with Crippen molar-refractivity contribution in [1.82, 2.24) is 0 Å². The number of ketones is 1. The van der Waals surface area contributed by atoms with Crippen LogP contribution >= 0.6 is 0 Å². The molecular weight excluding hydrogens is 386 g/mol. The smallest absolute Gasteiger partial charge is 0.305 e. The number of benzene rings is 1. The van der Waals surface area contributed by atoms with E-state index in [1.807, 2.05) is 32.0 Å². The van der Waals surface area contributed by atoms with Gasteiger partial charge in [0.2, 0.25) is 0 Å². The van der Waals surface area contributed by atoms with Crippen LogP contribution in [0.15, 0.2) is 34.5 Å². The quantitative estimate of drug-likeness (QED) is 0.392. The van der Waals surface area contributed by atoms with E-state index < -0.39 is 5.97 Å². The number of allylic oxidation sites excluding steroid dienone is 2. The third kappa shape index (κ3) is 6.08. The van der Waals surface area contributed by atoms with Gasteiger partial charge >= 0.3 is 5.97 Å². The summed E-state index contributed by atoms with van der Waals surface area (Å²) in [7, 11) is 4.47. The molecule has 0 bridgehead atoms. The summed E-state index contributed by atoms with van der Waals surface area (Å²) < 4.78 is 15.2. The number of esters is 1. The monoisotopic (exact) mass is 417 g/mol. The molecule has 0 spiro atoms. The molecular formula is C23H31NO6. The van der Waals surface area contributed by atoms with Crippen LogP contribution in [0.4, 0.5) is 0 Å². The van der Waals surface area contributed by atoms with Crippen LogP contribution in [0.3, 0.4) is 0 Å². The van der Waals surface area contributed by atoms with Gasteiger partial charge in [-0.05, 0) is 36.0 Å². The number of hydrogen-bond acceptors (Lipinski definition) is 7. The van der Waals surface area contributed by atoms with Crippen LogP contribution in [0.25, 0.3) is 0 Å². The van der Waals surface area contributed by atoms with E-state index in [1.54, 1.807) is 14.2 Å². The number of aliphatic imine (C=N–C) groups is 1. The van der Waals surface area contributed by atoms with Gasteiger partial charge in [-0.15, -0.1) is 0 Å². The van der Waals surface area contributed by atoms with Gasteiger partial charge in [-0.3, -0.25) is 14.6 Å². The SMILES string of the molecule is COC(=O)CCC(O)=C1C(=O)CC(C)(C)CC1=NCCc1ccc(OC)c(OC)c1. The minimum absolute atomic E-state index is 0.0153. The van der Waals surface area contributed by atoms with Crippen molar-refractivity contribution < 1.29 is 28.9 Å². The molecule has 1 aliphatic rings. The highest BCUT2D eigenvalue weighted by molar-refractivity contribution is 6.24. The number of ether oxygens (including phenoxy) is 3. The summed E-state index contributed by atoms with van der Waals surface area (Å²) in [5.74, 6) is 0.646. The third-order valence-corrected chi connectivity index (χ3v) is 5.09. The van der Waals surface area contributed by atoms with Gasteiger partial charge in [0.15, 0.2) is 17.3 Å². The van der Waals surface area contributed by atoms with Crippen molar-refractivity contribution in [2.45, 2.75) is 46.0 Å². The molecule has 7 nitrogen and oxygen atoms in total. The number of aliphatic hydroxyl groups is 1. The molecule has 1 N–H and O–H groups in total. The maximum absolute atomic E-state index is 12.7. The second-order valence-electron chi connectivity index (χ2n) is 8.11. The highest BCUT2D eigenvalue weighted by Gasteiger charge is 2.36. The summed E-state index contributed by atoms with van der Waals surface area (Å²) in [4.78, 5) is 28.8. The summed E-state index contributed by atoms with van der Waals surface area (Å²) in [5.41, 5.74) is 1.65. The Bertz CT molecular complexity index is 853. The lowest BCUT2D eigenvalue weighted by Crippen LogP contribution is -2.33. The zero-order chi connectivity index (χ0) is 22.3. The van der Waals surface area contributed by atoms with Crippen molar-refractivity contribution in [2.24, 2.45) is 10.4 Å². The number of methoxy groups -OCH3 is 3. The number of nitrogens with zero attached hydrogens (tertiary/aromatic N) is 1. The van der Waals surface area contributed by atoms with Crippen LogP contribution in [0.2, 0.25) is 0 Å². The maximum atomic E-state index is 12.7. The molecule has 0 aromatic heterocycles. The first kappa shape index (κ1) is 23.4. The molecule has 0 radical (unpaired) electrons. The van der Waals surface area contributed by atoms with Crippen molar-refractivity contribution in [3.63, 3.8) is 0 Å². The van der Waals surface area contributed by atoms with Gasteiger partial charge in [0.1, 0.15) is 5.76 Å². The molecule has 0 atom stereocenters. The molecule has 164 valence electrons. The summed E-state index contributed by atoms with van der Waals surface area (Å²) in [6.45, 7) is 4.48. The Balaban J connectivity index is 2.22. The van der Waals surface area contributed by atoms with E-state index >= 15 is 0 Å². The third-order valence-electron chi connectivity index (χ3n) is 5.09. The number of carbonyl (C=O) groups excluding carboxylic acids is 2. The standard InChI is InChI=1S/C23H31NO6/c1-23(2)13-16(22(18(26)14-23)17(25)7-9-21(27)30-5)24-11-10-15-6-8-19(28-3)20(12-15)29-4/h6,8,12,25H,7,9-11,13-14H2,1-5H3. The fourth-order valence-electron chi connectivity index (χ4n) is 3.55. The van der Waals surface area contributed by atoms with Crippen LogP contribution in [0, 0.1) is 5.41 Å². The van der Waals surface area contributed by atoms with Crippen LogP contribution in [0.1, 0.15) is 45.1 Å². The van der Waals surface area contributed by atoms with Gasteiger partial charge in [-0.2, -0.15) is 0 Å². The average Bonchev–Trinajstić information content (AvgIpc) is 2.70. The maximum Gasteiger partial charge on any atom is 0.305 e. The first-order chi connectivity index (χ1) is 14.2. The molecule has 30 heavy (non-hydrogen) atoms. The molecule has 1 saturated carbocycles. The zero-order valence-corrected chi connectivity index (χ0v) is 18.4. The van der Waals surface area contributed by atoms with Crippen molar-refractivity contribution in [3.8, 4) is 11.5 Å². The van der Waals surface area contributed by atoms with E-state index in [-0.39, 0.29) is 35.4 Å². The lowest BCUT2D eigenvalue weighted by atomic mass is 9.73. The lowest BCUT2D eigenvalue weighted by Gasteiger charge is -2.31. The first-order valence-electron chi connectivity index (χ1n) is 9.97. The molecule has 1 aromatic rings. The van der Waals surface area contributed by atoms with Crippen molar-refractivity contribution in [3.05, 3.63) is 35.1 Å². The van der Waals surface area contributed by atoms with Gasteiger partial charge in [0, 0.05) is 25.1 Å². The molecule has 0 saturated heterocycles. The number of Topliss-reactive ketones (excluding diaryl/α,β-unsaturated/α-hetero) is 1. The fraction of sp³-hybridized carbons (Fsp3) is 0.522. The van der Waals surface area contributed by atoms with E-state index in [0.717, 1.165) is 5.56 Å². The largest absolute Gasteiger partial charge is 0.511 e. The van der Waals surface area contributed by atoms with Gasteiger partial charge in [0.25, 0.3) is 0 Å². The summed E-state index contributed by atoms with van der Waals surface area (Å²) in [5, 5.41) is 10.5. The molecule has 1 aromatic carbocycles. The second kappa shape index (κ2) is 10.3. The normalized spacial score (nSPS) is 18.8. The minimum Gasteiger partial charge on any atom is -0.511 e. The fourth-order valence-corrected chi connectivity index (χ4v) is 3.55. The zero-order valence-electron chi connectivity index (χ0n) is 18.4. The molecule has 1 aliphatic carbocycles.